The van der Waals surface area contributed by atoms with E-state index in [-0.39, 0.29) is 5.92 Å². The summed E-state index contributed by atoms with van der Waals surface area (Å²) in [6.45, 7) is 2.12. The Balaban J connectivity index is 2.10. The van der Waals surface area contributed by atoms with Gasteiger partial charge in [-0.1, -0.05) is 91.9 Å². The van der Waals surface area contributed by atoms with Gasteiger partial charge in [0.05, 0.1) is 6.10 Å². The van der Waals surface area contributed by atoms with Crippen LogP contribution in [0, 0.1) is 0 Å². The SMILES string of the molecule is CC/C=C/[C@@H](c1cccc2ccccc12)[C@@H](O)c1ccccc1. The van der Waals surface area contributed by atoms with E-state index in [1.54, 1.807) is 0 Å². The molecule has 0 fully saturated rings. The van der Waals surface area contributed by atoms with Crippen molar-refractivity contribution >= 4 is 10.8 Å². The molecule has 0 bridgehead atoms. The van der Waals surface area contributed by atoms with Gasteiger partial charge >= 0.3 is 0 Å². The summed E-state index contributed by atoms with van der Waals surface area (Å²) in [5.41, 5.74) is 2.12. The third-order valence-electron chi connectivity index (χ3n) is 4.24. The lowest BCUT2D eigenvalue weighted by Crippen LogP contribution is -2.09. The van der Waals surface area contributed by atoms with Gasteiger partial charge in [0, 0.05) is 5.92 Å². The van der Waals surface area contributed by atoms with Crippen LogP contribution in [0.5, 0.6) is 0 Å². The van der Waals surface area contributed by atoms with E-state index in [0.717, 1.165) is 12.0 Å². The average molecular weight is 302 g/mol. The quantitative estimate of drug-likeness (QED) is 0.606. The van der Waals surface area contributed by atoms with Crippen molar-refractivity contribution in [2.24, 2.45) is 0 Å². The van der Waals surface area contributed by atoms with Crippen LogP contribution >= 0.6 is 0 Å². The second kappa shape index (κ2) is 7.26. The van der Waals surface area contributed by atoms with Crippen molar-refractivity contribution in [3.05, 3.63) is 96.1 Å². The minimum absolute atomic E-state index is 0.0524. The van der Waals surface area contributed by atoms with Crippen molar-refractivity contribution in [1.82, 2.24) is 0 Å². The fraction of sp³-hybridized carbons (Fsp3) is 0.182. The maximum Gasteiger partial charge on any atom is 0.0893 e. The van der Waals surface area contributed by atoms with Crippen molar-refractivity contribution in [3.8, 4) is 0 Å². The molecule has 3 rings (SSSR count). The Kier molecular flexibility index (Phi) is 4.89. The molecule has 1 N–H and O–H groups in total. The van der Waals surface area contributed by atoms with Crippen molar-refractivity contribution in [1.29, 1.82) is 0 Å². The minimum Gasteiger partial charge on any atom is -0.387 e. The smallest absolute Gasteiger partial charge is 0.0893 e. The molecule has 0 aliphatic carbocycles. The summed E-state index contributed by atoms with van der Waals surface area (Å²) in [7, 11) is 0. The van der Waals surface area contributed by atoms with Gasteiger partial charge in [0.25, 0.3) is 0 Å². The number of allylic oxidation sites excluding steroid dienone is 1. The first-order valence-corrected chi connectivity index (χ1v) is 8.18. The Labute approximate surface area is 137 Å². The molecule has 0 saturated heterocycles. The Morgan fingerprint density at radius 1 is 0.870 bits per heavy atom. The predicted molar refractivity (Wildman–Crippen MR) is 97.5 cm³/mol. The van der Waals surface area contributed by atoms with Crippen LogP contribution in [0.4, 0.5) is 0 Å². The van der Waals surface area contributed by atoms with Crippen LogP contribution in [-0.2, 0) is 0 Å². The second-order valence-electron chi connectivity index (χ2n) is 5.79. The maximum atomic E-state index is 11.0. The van der Waals surface area contributed by atoms with Crippen molar-refractivity contribution in [2.75, 3.05) is 0 Å². The van der Waals surface area contributed by atoms with Gasteiger partial charge in [-0.2, -0.15) is 0 Å². The summed E-state index contributed by atoms with van der Waals surface area (Å²) in [6.07, 6.45) is 4.69. The van der Waals surface area contributed by atoms with Crippen LogP contribution in [-0.4, -0.2) is 5.11 Å². The molecule has 0 saturated carbocycles. The highest BCUT2D eigenvalue weighted by Gasteiger charge is 2.21. The molecule has 1 nitrogen and oxygen atoms in total. The van der Waals surface area contributed by atoms with Gasteiger partial charge < -0.3 is 5.11 Å². The zero-order chi connectivity index (χ0) is 16.1. The lowest BCUT2D eigenvalue weighted by Gasteiger charge is -2.22. The highest BCUT2D eigenvalue weighted by molar-refractivity contribution is 5.86. The van der Waals surface area contributed by atoms with E-state index in [1.165, 1.54) is 16.3 Å². The molecule has 0 aliphatic rings. The summed E-state index contributed by atoms with van der Waals surface area (Å²) in [5.74, 6) is -0.0524. The van der Waals surface area contributed by atoms with Crippen LogP contribution in [0.15, 0.2) is 84.9 Å². The molecule has 0 radical (unpaired) electrons. The van der Waals surface area contributed by atoms with E-state index in [4.69, 9.17) is 0 Å². The highest BCUT2D eigenvalue weighted by atomic mass is 16.3. The molecule has 3 aromatic carbocycles. The van der Waals surface area contributed by atoms with Gasteiger partial charge in [-0.3, -0.25) is 0 Å². The van der Waals surface area contributed by atoms with E-state index in [9.17, 15) is 5.11 Å². The van der Waals surface area contributed by atoms with Gasteiger partial charge in [-0.05, 0) is 28.3 Å². The van der Waals surface area contributed by atoms with Crippen LogP contribution in [0.1, 0.15) is 36.5 Å². The van der Waals surface area contributed by atoms with Crippen LogP contribution in [0.3, 0.4) is 0 Å². The number of rotatable bonds is 5. The molecule has 1 heteroatoms. The third-order valence-corrected chi connectivity index (χ3v) is 4.24. The van der Waals surface area contributed by atoms with Crippen molar-refractivity contribution < 1.29 is 5.11 Å². The Bertz CT molecular complexity index is 784. The molecule has 116 valence electrons. The van der Waals surface area contributed by atoms with Crippen molar-refractivity contribution in [2.45, 2.75) is 25.4 Å². The molecule has 0 aliphatic heterocycles. The molecular weight excluding hydrogens is 280 g/mol. The monoisotopic (exact) mass is 302 g/mol. The summed E-state index contributed by atoms with van der Waals surface area (Å²) < 4.78 is 0. The number of hydrogen-bond donors (Lipinski definition) is 1. The number of benzene rings is 3. The molecule has 23 heavy (non-hydrogen) atoms. The first kappa shape index (κ1) is 15.5. The van der Waals surface area contributed by atoms with Crippen LogP contribution in [0.25, 0.3) is 10.8 Å². The molecule has 0 spiro atoms. The fourth-order valence-electron chi connectivity index (χ4n) is 3.06. The summed E-state index contributed by atoms with van der Waals surface area (Å²) in [5, 5.41) is 13.4. The van der Waals surface area contributed by atoms with Gasteiger partial charge in [0.15, 0.2) is 0 Å². The lowest BCUT2D eigenvalue weighted by atomic mass is 9.86. The van der Waals surface area contributed by atoms with E-state index in [1.807, 2.05) is 30.3 Å². The zero-order valence-electron chi connectivity index (χ0n) is 13.4. The molecule has 2 atom stereocenters. The number of aliphatic hydroxyl groups is 1. The Morgan fingerprint density at radius 2 is 1.57 bits per heavy atom. The van der Waals surface area contributed by atoms with Gasteiger partial charge in [0.2, 0.25) is 0 Å². The van der Waals surface area contributed by atoms with Crippen LogP contribution in [0.2, 0.25) is 0 Å². The van der Waals surface area contributed by atoms with E-state index >= 15 is 0 Å². The molecular formula is C22H22O. The summed E-state index contributed by atoms with van der Waals surface area (Å²) >= 11 is 0. The zero-order valence-corrected chi connectivity index (χ0v) is 13.4. The maximum absolute atomic E-state index is 11.0. The van der Waals surface area contributed by atoms with Gasteiger partial charge in [-0.25, -0.2) is 0 Å². The summed E-state index contributed by atoms with van der Waals surface area (Å²) in [6, 6.07) is 24.6. The first-order valence-electron chi connectivity index (χ1n) is 8.18. The molecule has 3 aromatic rings. The van der Waals surface area contributed by atoms with E-state index in [0.29, 0.717) is 0 Å². The normalized spacial score (nSPS) is 14.2. The van der Waals surface area contributed by atoms with E-state index in [2.05, 4.69) is 61.5 Å². The highest BCUT2D eigenvalue weighted by Crippen LogP contribution is 2.36. The largest absolute Gasteiger partial charge is 0.387 e. The van der Waals surface area contributed by atoms with Crippen LogP contribution < -0.4 is 0 Å². The molecule has 0 heterocycles. The minimum atomic E-state index is -0.551. The second-order valence-corrected chi connectivity index (χ2v) is 5.79. The van der Waals surface area contributed by atoms with Gasteiger partial charge in [0.1, 0.15) is 0 Å². The molecule has 0 unspecified atom stereocenters. The van der Waals surface area contributed by atoms with Gasteiger partial charge in [-0.15, -0.1) is 0 Å². The standard InChI is InChI=1S/C22H22O/c1-2-3-14-21(22(23)18-11-5-4-6-12-18)20-16-9-13-17-10-7-8-15-19(17)20/h3-16,21-23H,2H2,1H3/b14-3+/t21-,22-/m0/s1. The number of hydrogen-bond acceptors (Lipinski definition) is 1. The number of fused-ring (bicyclic) bond motifs is 1. The molecule has 0 amide bonds. The third kappa shape index (κ3) is 3.35. The van der Waals surface area contributed by atoms with E-state index < -0.39 is 6.10 Å². The lowest BCUT2D eigenvalue weighted by molar-refractivity contribution is 0.162. The predicted octanol–water partition coefficient (Wildman–Crippen LogP) is 5.62. The fourth-order valence-corrected chi connectivity index (χ4v) is 3.06. The average Bonchev–Trinajstić information content (AvgIpc) is 2.62. The number of aliphatic hydroxyl groups excluding tert-OH is 1. The molecule has 0 aromatic heterocycles. The van der Waals surface area contributed by atoms with Crippen molar-refractivity contribution in [3.63, 3.8) is 0 Å². The Morgan fingerprint density at radius 3 is 2.35 bits per heavy atom. The topological polar surface area (TPSA) is 20.2 Å². The summed E-state index contributed by atoms with van der Waals surface area (Å²) in [4.78, 5) is 0. The Hall–Kier alpha value is -2.38. The first-order chi connectivity index (χ1) is 11.3.